The molecule has 1 heterocycles. The van der Waals surface area contributed by atoms with Crippen molar-refractivity contribution in [2.24, 2.45) is 0 Å². The normalized spacial score (nSPS) is 13.3. The van der Waals surface area contributed by atoms with Gasteiger partial charge in [-0.2, -0.15) is 0 Å². The van der Waals surface area contributed by atoms with Gasteiger partial charge in [0.2, 0.25) is 10.0 Å². The molecule has 1 aromatic heterocycles. The van der Waals surface area contributed by atoms with E-state index in [-0.39, 0.29) is 15.9 Å². The smallest absolute Gasteiger partial charge is 0.241 e. The number of nitrogens with one attached hydrogen (secondary N) is 1. The van der Waals surface area contributed by atoms with E-state index in [0.717, 1.165) is 6.07 Å². The molecule has 3 aromatic rings. The van der Waals surface area contributed by atoms with Crippen LogP contribution < -0.4 is 4.72 Å². The lowest BCUT2D eigenvalue weighted by molar-refractivity contribution is 0.508. The molecule has 0 spiro atoms. The Morgan fingerprint density at radius 3 is 2.46 bits per heavy atom. The van der Waals surface area contributed by atoms with Crippen LogP contribution in [0.15, 0.2) is 41.3 Å². The van der Waals surface area contributed by atoms with E-state index in [4.69, 9.17) is 11.6 Å². The Labute approximate surface area is 154 Å². The zero-order valence-corrected chi connectivity index (χ0v) is 15.6. The Balaban J connectivity index is 2.01. The highest BCUT2D eigenvalue weighted by Gasteiger charge is 2.24. The number of benzene rings is 2. The van der Waals surface area contributed by atoms with Crippen molar-refractivity contribution in [3.63, 3.8) is 0 Å². The minimum atomic E-state index is -3.83. The van der Waals surface area contributed by atoms with E-state index >= 15 is 0 Å². The summed E-state index contributed by atoms with van der Waals surface area (Å²) >= 11 is 5.78. The van der Waals surface area contributed by atoms with Crippen LogP contribution in [0.25, 0.3) is 11.0 Å². The summed E-state index contributed by atoms with van der Waals surface area (Å²) in [6.07, 6.45) is 0. The number of imidazole rings is 1. The van der Waals surface area contributed by atoms with Crippen LogP contribution >= 0.6 is 11.6 Å². The number of sulfonamides is 1. The maximum absolute atomic E-state index is 14.2. The number of hydrogen-bond donors (Lipinski definition) is 1. The van der Waals surface area contributed by atoms with Crippen molar-refractivity contribution in [1.29, 1.82) is 0 Å². The summed E-state index contributed by atoms with van der Waals surface area (Å²) < 4.78 is 56.8. The van der Waals surface area contributed by atoms with Crippen LogP contribution in [0.3, 0.4) is 0 Å². The van der Waals surface area contributed by atoms with Crippen LogP contribution in [-0.2, 0) is 16.6 Å². The molecule has 0 saturated carbocycles. The molecular formula is C17H16ClF2N3O2S. The van der Waals surface area contributed by atoms with Gasteiger partial charge in [0, 0.05) is 11.6 Å². The van der Waals surface area contributed by atoms with E-state index in [1.807, 2.05) is 0 Å². The van der Waals surface area contributed by atoms with Crippen molar-refractivity contribution in [1.82, 2.24) is 14.3 Å². The molecule has 9 heteroatoms. The van der Waals surface area contributed by atoms with Crippen LogP contribution in [0.5, 0.6) is 0 Å². The Kier molecular flexibility index (Phi) is 5.01. The summed E-state index contributed by atoms with van der Waals surface area (Å²) in [5, 5.41) is 0.419. The largest absolute Gasteiger partial charge is 0.324 e. The molecule has 0 aliphatic heterocycles. The third-order valence-corrected chi connectivity index (χ3v) is 5.80. The fourth-order valence-corrected chi connectivity index (χ4v) is 4.12. The van der Waals surface area contributed by atoms with Gasteiger partial charge in [0.05, 0.1) is 16.5 Å². The highest BCUT2D eigenvalue weighted by molar-refractivity contribution is 7.89. The predicted octanol–water partition coefficient (Wildman–Crippen LogP) is 4.03. The maximum Gasteiger partial charge on any atom is 0.241 e. The van der Waals surface area contributed by atoms with E-state index in [0.29, 0.717) is 17.4 Å². The van der Waals surface area contributed by atoms with Crippen LogP contribution in [0.1, 0.15) is 25.7 Å². The monoisotopic (exact) mass is 399 g/mol. The average molecular weight is 400 g/mol. The number of nitrogens with zero attached hydrogens (tertiary/aromatic N) is 2. The minimum Gasteiger partial charge on any atom is -0.324 e. The quantitative estimate of drug-likeness (QED) is 0.704. The molecule has 5 nitrogen and oxygen atoms in total. The van der Waals surface area contributed by atoms with Gasteiger partial charge in [-0.3, -0.25) is 0 Å². The Morgan fingerprint density at radius 1 is 1.19 bits per heavy atom. The van der Waals surface area contributed by atoms with Crippen molar-refractivity contribution in [2.45, 2.75) is 31.3 Å². The summed E-state index contributed by atoms with van der Waals surface area (Å²) in [5.74, 6) is -1.69. The first-order chi connectivity index (χ1) is 12.2. The van der Waals surface area contributed by atoms with E-state index in [9.17, 15) is 17.2 Å². The highest BCUT2D eigenvalue weighted by atomic mass is 35.5. The van der Waals surface area contributed by atoms with Gasteiger partial charge in [-0.1, -0.05) is 11.6 Å². The predicted molar refractivity (Wildman–Crippen MR) is 95.5 cm³/mol. The molecule has 138 valence electrons. The second-order valence-electron chi connectivity index (χ2n) is 5.74. The Morgan fingerprint density at radius 2 is 1.85 bits per heavy atom. The van der Waals surface area contributed by atoms with Crippen molar-refractivity contribution in [3.8, 4) is 0 Å². The maximum atomic E-state index is 14.2. The van der Waals surface area contributed by atoms with E-state index < -0.39 is 27.7 Å². The number of hydrogen-bond acceptors (Lipinski definition) is 3. The molecule has 0 aliphatic carbocycles. The van der Waals surface area contributed by atoms with Crippen LogP contribution in [0, 0.1) is 11.6 Å². The topological polar surface area (TPSA) is 64.0 Å². The summed E-state index contributed by atoms with van der Waals surface area (Å²) in [6.45, 7) is 3.64. The molecule has 0 radical (unpaired) electrons. The van der Waals surface area contributed by atoms with Crippen molar-refractivity contribution in [2.75, 3.05) is 0 Å². The first kappa shape index (κ1) is 18.8. The van der Waals surface area contributed by atoms with Crippen molar-refractivity contribution < 1.29 is 17.2 Å². The van der Waals surface area contributed by atoms with Gasteiger partial charge in [0.15, 0.2) is 11.6 Å². The highest BCUT2D eigenvalue weighted by Crippen LogP contribution is 2.26. The first-order valence-electron chi connectivity index (χ1n) is 7.86. The van der Waals surface area contributed by atoms with Gasteiger partial charge in [0.1, 0.15) is 11.3 Å². The van der Waals surface area contributed by atoms with E-state index in [2.05, 4.69) is 9.71 Å². The number of halogens is 3. The second kappa shape index (κ2) is 6.94. The molecule has 0 aliphatic rings. The van der Waals surface area contributed by atoms with Gasteiger partial charge < -0.3 is 4.57 Å². The third kappa shape index (κ3) is 3.32. The first-order valence-corrected chi connectivity index (χ1v) is 9.72. The lowest BCUT2D eigenvalue weighted by atomic mass is 10.3. The molecule has 3 rings (SSSR count). The fourth-order valence-electron chi connectivity index (χ4n) is 2.79. The average Bonchev–Trinajstić information content (AvgIpc) is 2.97. The zero-order chi connectivity index (χ0) is 19.1. The SMILES string of the molecule is CCn1c(C(C)NS(=O)(=O)c2ccc(Cl)cc2)nc2ccc(F)c(F)c21. The van der Waals surface area contributed by atoms with E-state index in [1.165, 1.54) is 34.9 Å². The van der Waals surface area contributed by atoms with Gasteiger partial charge in [-0.15, -0.1) is 0 Å². The molecule has 0 saturated heterocycles. The summed E-state index contributed by atoms with van der Waals surface area (Å²) in [7, 11) is -3.83. The fraction of sp³-hybridized carbons (Fsp3) is 0.235. The molecule has 1 atom stereocenters. The standard InChI is InChI=1S/C17H16ClF2N3O2S/c1-3-23-16-14(9-8-13(19)15(16)20)21-17(23)10(2)22-26(24,25)12-6-4-11(18)5-7-12/h4-10,22H,3H2,1-2H3. The molecule has 2 aromatic carbocycles. The summed E-state index contributed by atoms with van der Waals surface area (Å²) in [6, 6.07) is 7.32. The number of aryl methyl sites for hydroxylation is 1. The van der Waals surface area contributed by atoms with Gasteiger partial charge in [-0.05, 0) is 50.2 Å². The van der Waals surface area contributed by atoms with Crippen LogP contribution in [0.2, 0.25) is 5.02 Å². The molecule has 1 unspecified atom stereocenters. The van der Waals surface area contributed by atoms with Gasteiger partial charge in [-0.25, -0.2) is 26.9 Å². The number of fused-ring (bicyclic) bond motifs is 1. The van der Waals surface area contributed by atoms with Crippen LogP contribution in [-0.4, -0.2) is 18.0 Å². The molecule has 0 amide bonds. The van der Waals surface area contributed by atoms with Crippen LogP contribution in [0.4, 0.5) is 8.78 Å². The summed E-state index contributed by atoms with van der Waals surface area (Å²) in [4.78, 5) is 4.33. The molecular weight excluding hydrogens is 384 g/mol. The lowest BCUT2D eigenvalue weighted by Crippen LogP contribution is -2.28. The van der Waals surface area contributed by atoms with Gasteiger partial charge >= 0.3 is 0 Å². The second-order valence-corrected chi connectivity index (χ2v) is 7.89. The minimum absolute atomic E-state index is 0.0139. The van der Waals surface area contributed by atoms with Crippen molar-refractivity contribution >= 4 is 32.7 Å². The third-order valence-electron chi connectivity index (χ3n) is 3.99. The zero-order valence-electron chi connectivity index (χ0n) is 14.0. The summed E-state index contributed by atoms with van der Waals surface area (Å²) in [5.41, 5.74) is 0.276. The molecule has 1 N–H and O–H groups in total. The number of aromatic nitrogens is 2. The lowest BCUT2D eigenvalue weighted by Gasteiger charge is -2.15. The Bertz CT molecular complexity index is 1070. The molecule has 0 fully saturated rings. The van der Waals surface area contributed by atoms with Crippen molar-refractivity contribution in [3.05, 3.63) is 58.9 Å². The number of rotatable bonds is 5. The van der Waals surface area contributed by atoms with Gasteiger partial charge in [0.25, 0.3) is 0 Å². The van der Waals surface area contributed by atoms with E-state index in [1.54, 1.807) is 13.8 Å². The molecule has 0 bridgehead atoms. The Hall–Kier alpha value is -2.03. The molecule has 26 heavy (non-hydrogen) atoms.